The molecule has 0 aliphatic carbocycles. The molecule has 0 amide bonds. The summed E-state index contributed by atoms with van der Waals surface area (Å²) in [6.45, 7) is 0. The summed E-state index contributed by atoms with van der Waals surface area (Å²) in [5.74, 6) is 0. The summed E-state index contributed by atoms with van der Waals surface area (Å²) in [7, 11) is 0. The molecule has 280 valence electrons. The maximum atomic E-state index is 2.44. The van der Waals surface area contributed by atoms with E-state index in [0.29, 0.717) is 0 Å². The number of aromatic nitrogens is 1. The Morgan fingerprint density at radius 1 is 0.300 bits per heavy atom. The lowest BCUT2D eigenvalue weighted by Gasteiger charge is -2.26. The van der Waals surface area contributed by atoms with E-state index in [1.165, 1.54) is 87.1 Å². The van der Waals surface area contributed by atoms with Crippen molar-refractivity contribution in [2.75, 3.05) is 4.90 Å². The second-order valence-electron chi connectivity index (χ2n) is 15.7. The van der Waals surface area contributed by atoms with E-state index in [0.717, 1.165) is 22.7 Å². The molecule has 1 heterocycles. The van der Waals surface area contributed by atoms with Gasteiger partial charge in [0.2, 0.25) is 0 Å². The predicted octanol–water partition coefficient (Wildman–Crippen LogP) is 16.2. The number of para-hydroxylation sites is 2. The van der Waals surface area contributed by atoms with E-state index in [1.807, 2.05) is 0 Å². The molecule has 0 saturated carbocycles. The van der Waals surface area contributed by atoms with Crippen molar-refractivity contribution in [2.24, 2.45) is 0 Å². The van der Waals surface area contributed by atoms with Gasteiger partial charge in [0, 0.05) is 38.9 Å². The van der Waals surface area contributed by atoms with Crippen LogP contribution in [0.2, 0.25) is 0 Å². The molecule has 0 fully saturated rings. The van der Waals surface area contributed by atoms with E-state index >= 15 is 0 Å². The number of anilines is 3. The van der Waals surface area contributed by atoms with Crippen LogP contribution in [0.5, 0.6) is 0 Å². The van der Waals surface area contributed by atoms with Gasteiger partial charge >= 0.3 is 0 Å². The van der Waals surface area contributed by atoms with Crippen molar-refractivity contribution in [1.82, 2.24) is 4.57 Å². The minimum atomic E-state index is 1.10. The second kappa shape index (κ2) is 13.9. The SMILES string of the molecule is c1ccc(N(c2ccc(-c3cccc(-n4c5ccccc5c5ccc6ccccc6c54)c3)cc2)c2ccc(-c3cc4ccccc4c4c3ccc3ccccc34)cc2)cc1. The maximum absolute atomic E-state index is 2.44. The molecule has 0 aliphatic heterocycles. The minimum Gasteiger partial charge on any atom is -0.311 e. The van der Waals surface area contributed by atoms with Gasteiger partial charge in [0.05, 0.1) is 11.0 Å². The molecule has 12 rings (SSSR count). The standard InChI is InChI=1S/C58H38N2/c1-2-17-45(18-3-1)59(47-33-27-42(28-34-47)55-38-44-15-6-8-21-50(44)57-49-20-7-4-13-40(49)29-35-53(55)57)46-31-25-39(26-32-46)43-16-12-19-48(37-43)60-56-24-11-10-23-52(56)54-36-30-41-14-5-9-22-51(41)58(54)60/h1-38H. The van der Waals surface area contributed by atoms with Gasteiger partial charge in [-0.15, -0.1) is 0 Å². The van der Waals surface area contributed by atoms with E-state index < -0.39 is 0 Å². The third-order valence-corrected chi connectivity index (χ3v) is 12.3. The molecule has 1 aromatic heterocycles. The fraction of sp³-hybridized carbons (Fsp3) is 0. The average Bonchev–Trinajstić information content (AvgIpc) is 3.67. The molecule has 0 saturated heterocycles. The third kappa shape index (κ3) is 5.50. The minimum absolute atomic E-state index is 1.10. The van der Waals surface area contributed by atoms with Gasteiger partial charge in [-0.1, -0.05) is 170 Å². The normalized spacial score (nSPS) is 11.7. The van der Waals surface area contributed by atoms with Crippen LogP contribution in [0.3, 0.4) is 0 Å². The summed E-state index contributed by atoms with van der Waals surface area (Å²) in [6.07, 6.45) is 0. The van der Waals surface area contributed by atoms with Gasteiger partial charge in [0.1, 0.15) is 0 Å². The van der Waals surface area contributed by atoms with Gasteiger partial charge in [-0.05, 0) is 121 Å². The molecular formula is C58H38N2. The van der Waals surface area contributed by atoms with E-state index in [4.69, 9.17) is 0 Å². The zero-order chi connectivity index (χ0) is 39.6. The van der Waals surface area contributed by atoms with Crippen molar-refractivity contribution in [1.29, 1.82) is 0 Å². The molecule has 0 radical (unpaired) electrons. The Kier molecular flexibility index (Phi) is 7.89. The smallest absolute Gasteiger partial charge is 0.0619 e. The lowest BCUT2D eigenvalue weighted by molar-refractivity contribution is 1.19. The van der Waals surface area contributed by atoms with Gasteiger partial charge in [-0.3, -0.25) is 0 Å². The number of hydrogen-bond donors (Lipinski definition) is 0. The monoisotopic (exact) mass is 762 g/mol. The van der Waals surface area contributed by atoms with E-state index in [9.17, 15) is 0 Å². The first kappa shape index (κ1) is 34.1. The first-order chi connectivity index (χ1) is 29.8. The number of nitrogens with zero attached hydrogens (tertiary/aromatic N) is 2. The molecule has 0 bridgehead atoms. The van der Waals surface area contributed by atoms with Crippen molar-refractivity contribution in [3.8, 4) is 27.9 Å². The fourth-order valence-corrected chi connectivity index (χ4v) is 9.55. The Labute approximate surface area is 348 Å². The first-order valence-electron chi connectivity index (χ1n) is 20.7. The van der Waals surface area contributed by atoms with Crippen LogP contribution in [0, 0.1) is 0 Å². The molecular weight excluding hydrogens is 725 g/mol. The molecule has 0 spiro atoms. The molecule has 11 aromatic carbocycles. The van der Waals surface area contributed by atoms with Crippen LogP contribution in [-0.2, 0) is 0 Å². The zero-order valence-corrected chi connectivity index (χ0v) is 32.8. The van der Waals surface area contributed by atoms with E-state index in [1.54, 1.807) is 0 Å². The molecule has 2 nitrogen and oxygen atoms in total. The van der Waals surface area contributed by atoms with Gasteiger partial charge in [-0.2, -0.15) is 0 Å². The highest BCUT2D eigenvalue weighted by molar-refractivity contribution is 6.24. The topological polar surface area (TPSA) is 8.17 Å². The molecule has 0 unspecified atom stereocenters. The van der Waals surface area contributed by atoms with Gasteiger partial charge in [0.15, 0.2) is 0 Å². The van der Waals surface area contributed by atoms with Crippen LogP contribution in [0.25, 0.3) is 92.8 Å². The zero-order valence-electron chi connectivity index (χ0n) is 32.8. The Hall–Kier alpha value is -7.94. The van der Waals surface area contributed by atoms with Crippen LogP contribution in [0.15, 0.2) is 231 Å². The van der Waals surface area contributed by atoms with Gasteiger partial charge in [-0.25, -0.2) is 0 Å². The van der Waals surface area contributed by atoms with Crippen LogP contribution in [-0.4, -0.2) is 4.57 Å². The van der Waals surface area contributed by atoms with Crippen molar-refractivity contribution >= 4 is 82.0 Å². The Morgan fingerprint density at radius 2 is 0.850 bits per heavy atom. The Morgan fingerprint density at radius 3 is 1.58 bits per heavy atom. The molecule has 12 aromatic rings. The second-order valence-corrected chi connectivity index (χ2v) is 15.7. The summed E-state index contributed by atoms with van der Waals surface area (Å²) >= 11 is 0. The molecule has 0 N–H and O–H groups in total. The summed E-state index contributed by atoms with van der Waals surface area (Å²) in [4.78, 5) is 2.35. The number of hydrogen-bond acceptors (Lipinski definition) is 1. The Bertz CT molecular complexity index is 3560. The molecule has 2 heteroatoms. The fourth-order valence-electron chi connectivity index (χ4n) is 9.55. The molecule has 0 aliphatic rings. The summed E-state index contributed by atoms with van der Waals surface area (Å²) < 4.78 is 2.44. The summed E-state index contributed by atoms with van der Waals surface area (Å²) in [5, 5.41) is 12.7. The lowest BCUT2D eigenvalue weighted by Crippen LogP contribution is -2.09. The predicted molar refractivity (Wildman–Crippen MR) is 256 cm³/mol. The number of fused-ring (bicyclic) bond motifs is 10. The largest absolute Gasteiger partial charge is 0.311 e. The number of benzene rings is 11. The highest BCUT2D eigenvalue weighted by Gasteiger charge is 2.17. The molecule has 60 heavy (non-hydrogen) atoms. The summed E-state index contributed by atoms with van der Waals surface area (Å²) in [6, 6.07) is 84.1. The molecule has 0 atom stereocenters. The van der Waals surface area contributed by atoms with Crippen LogP contribution in [0.1, 0.15) is 0 Å². The highest BCUT2D eigenvalue weighted by Crippen LogP contribution is 2.42. The van der Waals surface area contributed by atoms with Crippen LogP contribution >= 0.6 is 0 Å². The van der Waals surface area contributed by atoms with Crippen molar-refractivity contribution in [3.63, 3.8) is 0 Å². The van der Waals surface area contributed by atoms with Crippen molar-refractivity contribution in [2.45, 2.75) is 0 Å². The third-order valence-electron chi connectivity index (χ3n) is 12.3. The van der Waals surface area contributed by atoms with E-state index in [2.05, 4.69) is 240 Å². The van der Waals surface area contributed by atoms with Crippen LogP contribution < -0.4 is 4.90 Å². The van der Waals surface area contributed by atoms with Gasteiger partial charge in [0.25, 0.3) is 0 Å². The van der Waals surface area contributed by atoms with Crippen molar-refractivity contribution < 1.29 is 0 Å². The average molecular weight is 763 g/mol. The van der Waals surface area contributed by atoms with E-state index in [-0.39, 0.29) is 0 Å². The highest BCUT2D eigenvalue weighted by atomic mass is 15.1. The van der Waals surface area contributed by atoms with Gasteiger partial charge < -0.3 is 9.47 Å². The maximum Gasteiger partial charge on any atom is 0.0619 e. The van der Waals surface area contributed by atoms with Crippen molar-refractivity contribution in [3.05, 3.63) is 231 Å². The quantitative estimate of drug-likeness (QED) is 0.153. The number of rotatable bonds is 6. The Balaban J connectivity index is 0.933. The summed E-state index contributed by atoms with van der Waals surface area (Å²) in [5.41, 5.74) is 11.7. The first-order valence-corrected chi connectivity index (χ1v) is 20.7. The lowest BCUT2D eigenvalue weighted by atomic mass is 9.90. The van der Waals surface area contributed by atoms with Crippen LogP contribution in [0.4, 0.5) is 17.1 Å².